The first kappa shape index (κ1) is 15.5. The van der Waals surface area contributed by atoms with Crippen molar-refractivity contribution in [3.63, 3.8) is 0 Å². The number of methoxy groups -OCH3 is 1. The van der Waals surface area contributed by atoms with Gasteiger partial charge in [-0.25, -0.2) is 0 Å². The van der Waals surface area contributed by atoms with Gasteiger partial charge in [0.2, 0.25) is 0 Å². The third-order valence-corrected chi connectivity index (χ3v) is 4.40. The molecule has 0 aliphatic heterocycles. The lowest BCUT2D eigenvalue weighted by Gasteiger charge is -2.21. The lowest BCUT2D eigenvalue weighted by atomic mass is 9.90. The first-order chi connectivity index (χ1) is 9.70. The summed E-state index contributed by atoms with van der Waals surface area (Å²) in [7, 11) is 1.61. The van der Waals surface area contributed by atoms with Gasteiger partial charge in [0, 0.05) is 5.56 Å². The average molecular weight is 341 g/mol. The topological polar surface area (TPSA) is 35.5 Å². The van der Waals surface area contributed by atoms with Crippen LogP contribution in [0.4, 0.5) is 0 Å². The summed E-state index contributed by atoms with van der Waals surface area (Å²) in [6, 6.07) is 5.35. The standard InChI is InChI=1S/C16H21BrO3/c1-19-16-8-7-13(9-14(16)17)15(18)11-20-10-12-5-3-2-4-6-12/h7-9,12H,2-6,10-11H2,1H3. The molecule has 1 aliphatic carbocycles. The van der Waals surface area contributed by atoms with E-state index >= 15 is 0 Å². The summed E-state index contributed by atoms with van der Waals surface area (Å²) in [6.45, 7) is 0.873. The van der Waals surface area contributed by atoms with Gasteiger partial charge < -0.3 is 9.47 Å². The largest absolute Gasteiger partial charge is 0.496 e. The van der Waals surface area contributed by atoms with E-state index in [1.54, 1.807) is 25.3 Å². The van der Waals surface area contributed by atoms with Gasteiger partial charge in [-0.05, 0) is 52.9 Å². The Kier molecular flexibility index (Phi) is 6.05. The van der Waals surface area contributed by atoms with Crippen molar-refractivity contribution in [1.29, 1.82) is 0 Å². The van der Waals surface area contributed by atoms with Crippen LogP contribution in [0.25, 0.3) is 0 Å². The smallest absolute Gasteiger partial charge is 0.188 e. The molecule has 1 aromatic rings. The third kappa shape index (κ3) is 4.32. The summed E-state index contributed by atoms with van der Waals surface area (Å²) in [5, 5.41) is 0. The van der Waals surface area contributed by atoms with Crippen LogP contribution in [-0.2, 0) is 4.74 Å². The molecule has 110 valence electrons. The van der Waals surface area contributed by atoms with Gasteiger partial charge in [-0.3, -0.25) is 4.79 Å². The number of ether oxygens (including phenoxy) is 2. The molecule has 1 fully saturated rings. The van der Waals surface area contributed by atoms with E-state index in [4.69, 9.17) is 9.47 Å². The van der Waals surface area contributed by atoms with Gasteiger partial charge in [0.25, 0.3) is 0 Å². The molecule has 0 atom stereocenters. The molecule has 2 rings (SSSR count). The van der Waals surface area contributed by atoms with Crippen molar-refractivity contribution in [2.75, 3.05) is 20.3 Å². The second-order valence-electron chi connectivity index (χ2n) is 5.29. The predicted molar refractivity (Wildman–Crippen MR) is 82.4 cm³/mol. The van der Waals surface area contributed by atoms with Gasteiger partial charge >= 0.3 is 0 Å². The normalized spacial score (nSPS) is 16.1. The Morgan fingerprint density at radius 1 is 1.30 bits per heavy atom. The number of Topliss-reactive ketones (excluding diaryl/α,β-unsaturated/α-hetero) is 1. The molecule has 20 heavy (non-hydrogen) atoms. The lowest BCUT2D eigenvalue weighted by Crippen LogP contribution is -2.17. The van der Waals surface area contributed by atoms with Crippen molar-refractivity contribution in [1.82, 2.24) is 0 Å². The zero-order valence-electron chi connectivity index (χ0n) is 11.9. The van der Waals surface area contributed by atoms with E-state index in [2.05, 4.69) is 15.9 Å². The monoisotopic (exact) mass is 340 g/mol. The van der Waals surface area contributed by atoms with E-state index in [0.29, 0.717) is 18.1 Å². The Morgan fingerprint density at radius 2 is 2.05 bits per heavy atom. The number of rotatable bonds is 6. The Labute approximate surface area is 128 Å². The van der Waals surface area contributed by atoms with Gasteiger partial charge in [0.05, 0.1) is 18.2 Å². The number of halogens is 1. The summed E-state index contributed by atoms with van der Waals surface area (Å²) >= 11 is 3.39. The summed E-state index contributed by atoms with van der Waals surface area (Å²) in [6.07, 6.45) is 6.42. The van der Waals surface area contributed by atoms with Crippen molar-refractivity contribution in [3.05, 3.63) is 28.2 Å². The van der Waals surface area contributed by atoms with E-state index in [-0.39, 0.29) is 12.4 Å². The third-order valence-electron chi connectivity index (χ3n) is 3.79. The minimum atomic E-state index is 0.0177. The van der Waals surface area contributed by atoms with E-state index in [1.165, 1.54) is 32.1 Å². The minimum absolute atomic E-state index is 0.0177. The van der Waals surface area contributed by atoms with Crippen molar-refractivity contribution >= 4 is 21.7 Å². The Balaban J connectivity index is 1.80. The number of hydrogen-bond donors (Lipinski definition) is 0. The second-order valence-corrected chi connectivity index (χ2v) is 6.15. The van der Waals surface area contributed by atoms with Crippen molar-refractivity contribution in [2.45, 2.75) is 32.1 Å². The van der Waals surface area contributed by atoms with Gasteiger partial charge in [-0.1, -0.05) is 19.3 Å². The minimum Gasteiger partial charge on any atom is -0.496 e. The zero-order chi connectivity index (χ0) is 14.4. The first-order valence-corrected chi connectivity index (χ1v) is 7.94. The maximum absolute atomic E-state index is 12.1. The Bertz CT molecular complexity index is 453. The molecule has 4 heteroatoms. The SMILES string of the molecule is COc1ccc(C(=O)COCC2CCCCC2)cc1Br. The highest BCUT2D eigenvalue weighted by Gasteiger charge is 2.15. The summed E-state index contributed by atoms with van der Waals surface area (Å²) < 4.78 is 11.5. The number of ketones is 1. The number of carbonyl (C=O) groups is 1. The van der Waals surface area contributed by atoms with E-state index in [9.17, 15) is 4.79 Å². The molecule has 0 N–H and O–H groups in total. The fraction of sp³-hybridized carbons (Fsp3) is 0.562. The fourth-order valence-electron chi connectivity index (χ4n) is 2.60. The van der Waals surface area contributed by atoms with Crippen LogP contribution in [-0.4, -0.2) is 26.1 Å². The molecule has 3 nitrogen and oxygen atoms in total. The van der Waals surface area contributed by atoms with Crippen LogP contribution in [0.2, 0.25) is 0 Å². The van der Waals surface area contributed by atoms with E-state index in [1.807, 2.05) is 0 Å². The maximum Gasteiger partial charge on any atom is 0.188 e. The van der Waals surface area contributed by atoms with E-state index in [0.717, 1.165) is 10.2 Å². The van der Waals surface area contributed by atoms with E-state index < -0.39 is 0 Å². The average Bonchev–Trinajstić information content (AvgIpc) is 2.48. The van der Waals surface area contributed by atoms with Gasteiger partial charge in [-0.15, -0.1) is 0 Å². The molecule has 0 spiro atoms. The van der Waals surface area contributed by atoms with Crippen LogP contribution in [0.3, 0.4) is 0 Å². The molecule has 1 aromatic carbocycles. The zero-order valence-corrected chi connectivity index (χ0v) is 13.4. The van der Waals surface area contributed by atoms with Crippen LogP contribution in [0.5, 0.6) is 5.75 Å². The van der Waals surface area contributed by atoms with Crippen LogP contribution in [0.1, 0.15) is 42.5 Å². The van der Waals surface area contributed by atoms with Crippen molar-refractivity contribution in [2.24, 2.45) is 5.92 Å². The van der Waals surface area contributed by atoms with Crippen molar-refractivity contribution < 1.29 is 14.3 Å². The fourth-order valence-corrected chi connectivity index (χ4v) is 3.14. The molecular weight excluding hydrogens is 320 g/mol. The molecule has 0 bridgehead atoms. The van der Waals surface area contributed by atoms with Gasteiger partial charge in [0.15, 0.2) is 5.78 Å². The molecule has 1 saturated carbocycles. The lowest BCUT2D eigenvalue weighted by molar-refractivity contribution is 0.0628. The first-order valence-electron chi connectivity index (χ1n) is 7.15. The molecule has 0 radical (unpaired) electrons. The van der Waals surface area contributed by atoms with Crippen LogP contribution >= 0.6 is 15.9 Å². The highest BCUT2D eigenvalue weighted by molar-refractivity contribution is 9.10. The molecule has 0 unspecified atom stereocenters. The summed E-state index contributed by atoms with van der Waals surface area (Å²) in [4.78, 5) is 12.1. The number of carbonyl (C=O) groups excluding carboxylic acids is 1. The molecule has 1 aliphatic rings. The van der Waals surface area contributed by atoms with Crippen LogP contribution < -0.4 is 4.74 Å². The highest BCUT2D eigenvalue weighted by atomic mass is 79.9. The molecule has 0 heterocycles. The summed E-state index contributed by atoms with van der Waals surface area (Å²) in [5.41, 5.74) is 0.654. The van der Waals surface area contributed by atoms with Gasteiger partial charge in [0.1, 0.15) is 12.4 Å². The number of benzene rings is 1. The second kappa shape index (κ2) is 7.79. The Hall–Kier alpha value is -0.870. The maximum atomic E-state index is 12.1. The Morgan fingerprint density at radius 3 is 2.70 bits per heavy atom. The predicted octanol–water partition coefficient (Wildman–Crippen LogP) is 4.24. The molecular formula is C16H21BrO3. The highest BCUT2D eigenvalue weighted by Crippen LogP contribution is 2.26. The molecule has 0 aromatic heterocycles. The van der Waals surface area contributed by atoms with Crippen LogP contribution in [0, 0.1) is 5.92 Å². The summed E-state index contributed by atoms with van der Waals surface area (Å²) in [5.74, 6) is 1.38. The number of hydrogen-bond acceptors (Lipinski definition) is 3. The quantitative estimate of drug-likeness (QED) is 0.726. The molecule has 0 amide bonds. The van der Waals surface area contributed by atoms with Crippen LogP contribution in [0.15, 0.2) is 22.7 Å². The molecule has 0 saturated heterocycles. The van der Waals surface area contributed by atoms with Crippen molar-refractivity contribution in [3.8, 4) is 5.75 Å². The van der Waals surface area contributed by atoms with Gasteiger partial charge in [-0.2, -0.15) is 0 Å².